The number of rotatable bonds is 6. The molecule has 1 atom stereocenters. The molecule has 0 amide bonds. The minimum absolute atomic E-state index is 0.109. The second kappa shape index (κ2) is 7.39. The molecule has 1 unspecified atom stereocenters. The quantitative estimate of drug-likeness (QED) is 0.853. The lowest BCUT2D eigenvalue weighted by atomic mass is 10.2. The molecular formula is C18H24N4O2S. The molecule has 1 fully saturated rings. The summed E-state index contributed by atoms with van der Waals surface area (Å²) >= 11 is 0. The van der Waals surface area contributed by atoms with E-state index in [2.05, 4.69) is 46.2 Å². The van der Waals surface area contributed by atoms with E-state index in [1.165, 1.54) is 5.56 Å². The zero-order chi connectivity index (χ0) is 17.9. The molecule has 1 aliphatic heterocycles. The molecule has 0 radical (unpaired) electrons. The van der Waals surface area contributed by atoms with E-state index in [4.69, 9.17) is 0 Å². The summed E-state index contributed by atoms with van der Waals surface area (Å²) in [4.78, 5) is 11.1. The molecule has 6 nitrogen and oxygen atoms in total. The van der Waals surface area contributed by atoms with Crippen LogP contribution in [0.15, 0.2) is 42.6 Å². The summed E-state index contributed by atoms with van der Waals surface area (Å²) in [5, 5.41) is 3.17. The molecule has 0 aliphatic carbocycles. The largest absolute Gasteiger partial charge is 0.350 e. The van der Waals surface area contributed by atoms with Crippen LogP contribution >= 0.6 is 0 Å². The van der Waals surface area contributed by atoms with Crippen LogP contribution in [0.5, 0.6) is 0 Å². The van der Waals surface area contributed by atoms with Gasteiger partial charge in [-0.3, -0.25) is 0 Å². The van der Waals surface area contributed by atoms with Gasteiger partial charge in [-0.1, -0.05) is 30.3 Å². The molecule has 2 heterocycles. The third kappa shape index (κ3) is 4.69. The minimum Gasteiger partial charge on any atom is -0.350 e. The summed E-state index contributed by atoms with van der Waals surface area (Å²) in [5.74, 6) is 1.70. The van der Waals surface area contributed by atoms with E-state index in [1.807, 2.05) is 24.3 Å². The van der Waals surface area contributed by atoms with Crippen LogP contribution in [0, 0.1) is 0 Å². The summed E-state index contributed by atoms with van der Waals surface area (Å²) in [6.07, 6.45) is 2.32. The van der Waals surface area contributed by atoms with E-state index in [1.54, 1.807) is 6.20 Å². The minimum atomic E-state index is -2.92. The molecule has 3 rings (SSSR count). The van der Waals surface area contributed by atoms with Crippen molar-refractivity contribution in [2.24, 2.45) is 0 Å². The number of hydrogen-bond donors (Lipinski definition) is 1. The van der Waals surface area contributed by atoms with Gasteiger partial charge in [0, 0.05) is 24.8 Å². The average molecular weight is 360 g/mol. The number of anilines is 2. The molecule has 25 heavy (non-hydrogen) atoms. The Kier molecular flexibility index (Phi) is 5.22. The third-order valence-electron chi connectivity index (χ3n) is 4.32. The molecule has 1 N–H and O–H groups in total. The zero-order valence-electron chi connectivity index (χ0n) is 14.6. The Morgan fingerprint density at radius 1 is 1.24 bits per heavy atom. The second-order valence-electron chi connectivity index (χ2n) is 6.69. The van der Waals surface area contributed by atoms with Gasteiger partial charge in [0.15, 0.2) is 9.84 Å². The summed E-state index contributed by atoms with van der Waals surface area (Å²) in [5.41, 5.74) is 1.21. The monoisotopic (exact) mass is 360 g/mol. The number of hydrogen-bond acceptors (Lipinski definition) is 6. The van der Waals surface area contributed by atoms with Gasteiger partial charge in [-0.2, -0.15) is 4.98 Å². The molecule has 0 bridgehead atoms. The van der Waals surface area contributed by atoms with Crippen LogP contribution < -0.4 is 10.2 Å². The lowest BCUT2D eigenvalue weighted by Crippen LogP contribution is -2.31. The highest BCUT2D eigenvalue weighted by molar-refractivity contribution is 7.91. The molecule has 2 aromatic rings. The molecule has 0 spiro atoms. The fraction of sp³-hybridized carbons (Fsp3) is 0.444. The number of nitrogens with one attached hydrogen (secondary N) is 1. The Balaban J connectivity index is 1.76. The van der Waals surface area contributed by atoms with Gasteiger partial charge in [-0.25, -0.2) is 13.4 Å². The molecule has 7 heteroatoms. The summed E-state index contributed by atoms with van der Waals surface area (Å²) < 4.78 is 23.2. The van der Waals surface area contributed by atoms with Gasteiger partial charge in [0.05, 0.1) is 11.5 Å². The maximum absolute atomic E-state index is 11.6. The highest BCUT2D eigenvalue weighted by atomic mass is 32.2. The lowest BCUT2D eigenvalue weighted by molar-refractivity contribution is 0.602. The van der Waals surface area contributed by atoms with Gasteiger partial charge >= 0.3 is 0 Å². The van der Waals surface area contributed by atoms with Crippen molar-refractivity contribution in [1.82, 2.24) is 9.97 Å². The number of benzene rings is 1. The smallest absolute Gasteiger partial charge is 0.224 e. The van der Waals surface area contributed by atoms with E-state index >= 15 is 0 Å². The molecule has 1 aromatic heterocycles. The number of aromatic nitrogens is 2. The van der Waals surface area contributed by atoms with Gasteiger partial charge in [0.25, 0.3) is 0 Å². The summed E-state index contributed by atoms with van der Waals surface area (Å²) in [6, 6.07) is 12.3. The SMILES string of the molecule is CC(C)N(Cc1ccccc1)c1ccnc(NC2CCS(=O)(=O)C2)n1. The van der Waals surface area contributed by atoms with E-state index in [0.29, 0.717) is 12.4 Å². The van der Waals surface area contributed by atoms with Crippen LogP contribution in [0.25, 0.3) is 0 Å². The van der Waals surface area contributed by atoms with Gasteiger partial charge < -0.3 is 10.2 Å². The first-order valence-electron chi connectivity index (χ1n) is 8.53. The molecule has 1 aromatic carbocycles. The van der Waals surface area contributed by atoms with Gasteiger partial charge in [-0.05, 0) is 31.9 Å². The summed E-state index contributed by atoms with van der Waals surface area (Å²) in [7, 11) is -2.92. The topological polar surface area (TPSA) is 75.2 Å². The van der Waals surface area contributed by atoms with Crippen molar-refractivity contribution in [2.75, 3.05) is 21.7 Å². The maximum Gasteiger partial charge on any atom is 0.224 e. The van der Waals surface area contributed by atoms with Crippen LogP contribution in [-0.2, 0) is 16.4 Å². The van der Waals surface area contributed by atoms with Crippen molar-refractivity contribution in [1.29, 1.82) is 0 Å². The zero-order valence-corrected chi connectivity index (χ0v) is 15.4. The molecule has 134 valence electrons. The third-order valence-corrected chi connectivity index (χ3v) is 6.09. The Morgan fingerprint density at radius 3 is 2.64 bits per heavy atom. The predicted octanol–water partition coefficient (Wildman–Crippen LogP) is 2.49. The second-order valence-corrected chi connectivity index (χ2v) is 8.92. The van der Waals surface area contributed by atoms with Crippen molar-refractivity contribution in [3.05, 3.63) is 48.2 Å². The molecule has 0 saturated carbocycles. The van der Waals surface area contributed by atoms with Crippen LogP contribution in [0.4, 0.5) is 11.8 Å². The van der Waals surface area contributed by atoms with E-state index < -0.39 is 9.84 Å². The molecular weight excluding hydrogens is 336 g/mol. The standard InChI is InChI=1S/C18H24N4O2S/c1-14(2)22(12-15-6-4-3-5-7-15)17-8-10-19-18(21-17)20-16-9-11-25(23,24)13-16/h3-8,10,14,16H,9,11-13H2,1-2H3,(H,19,20,21). The molecule has 1 saturated heterocycles. The number of nitrogens with zero attached hydrogens (tertiary/aromatic N) is 3. The van der Waals surface area contributed by atoms with Crippen molar-refractivity contribution in [2.45, 2.75) is 38.9 Å². The van der Waals surface area contributed by atoms with Gasteiger partial charge in [-0.15, -0.1) is 0 Å². The van der Waals surface area contributed by atoms with Gasteiger partial charge in [0.2, 0.25) is 5.95 Å². The fourth-order valence-corrected chi connectivity index (χ4v) is 4.65. The predicted molar refractivity (Wildman–Crippen MR) is 100 cm³/mol. The van der Waals surface area contributed by atoms with Crippen LogP contribution in [0.1, 0.15) is 25.8 Å². The Morgan fingerprint density at radius 2 is 2.00 bits per heavy atom. The average Bonchev–Trinajstić information content (AvgIpc) is 2.92. The fourth-order valence-electron chi connectivity index (χ4n) is 2.98. The van der Waals surface area contributed by atoms with E-state index in [0.717, 1.165) is 12.4 Å². The first-order valence-corrected chi connectivity index (χ1v) is 10.4. The van der Waals surface area contributed by atoms with Crippen molar-refractivity contribution in [3.8, 4) is 0 Å². The lowest BCUT2D eigenvalue weighted by Gasteiger charge is -2.28. The van der Waals surface area contributed by atoms with Gasteiger partial charge in [0.1, 0.15) is 5.82 Å². The highest BCUT2D eigenvalue weighted by Crippen LogP contribution is 2.20. The Bertz CT molecular complexity index is 809. The first-order chi connectivity index (χ1) is 11.9. The Hall–Kier alpha value is -2.15. The van der Waals surface area contributed by atoms with Crippen LogP contribution in [0.3, 0.4) is 0 Å². The highest BCUT2D eigenvalue weighted by Gasteiger charge is 2.28. The van der Waals surface area contributed by atoms with Crippen LogP contribution in [-0.4, -0.2) is 42.0 Å². The van der Waals surface area contributed by atoms with E-state index in [-0.39, 0.29) is 23.6 Å². The van der Waals surface area contributed by atoms with Crippen LogP contribution in [0.2, 0.25) is 0 Å². The normalized spacial score (nSPS) is 19.1. The van der Waals surface area contributed by atoms with Crippen molar-refractivity contribution >= 4 is 21.6 Å². The Labute approximate surface area is 149 Å². The number of sulfone groups is 1. The van der Waals surface area contributed by atoms with E-state index in [9.17, 15) is 8.42 Å². The molecule has 1 aliphatic rings. The maximum atomic E-state index is 11.6. The van der Waals surface area contributed by atoms with Crippen molar-refractivity contribution < 1.29 is 8.42 Å². The summed E-state index contributed by atoms with van der Waals surface area (Å²) in [6.45, 7) is 5.01. The van der Waals surface area contributed by atoms with Crippen molar-refractivity contribution in [3.63, 3.8) is 0 Å². The first kappa shape index (κ1) is 17.7.